The molecule has 2 aromatic carbocycles. The Labute approximate surface area is 152 Å². The first-order valence-corrected chi connectivity index (χ1v) is 8.76. The Morgan fingerprint density at radius 1 is 1.12 bits per heavy atom. The number of ether oxygens (including phenoxy) is 1. The lowest BCUT2D eigenvalue weighted by Gasteiger charge is -2.06. The summed E-state index contributed by atoms with van der Waals surface area (Å²) < 4.78 is 11.6. The van der Waals surface area contributed by atoms with E-state index in [4.69, 9.17) is 9.15 Å². The van der Waals surface area contributed by atoms with Crippen molar-refractivity contribution in [2.24, 2.45) is 0 Å². The molecule has 1 atom stereocenters. The van der Waals surface area contributed by atoms with E-state index in [0.29, 0.717) is 17.3 Å². The number of hydrogen-bond donors (Lipinski definition) is 1. The zero-order chi connectivity index (χ0) is 17.9. The maximum absolute atomic E-state index is 12.0. The van der Waals surface area contributed by atoms with Crippen LogP contribution >= 0.6 is 0 Å². The Balaban J connectivity index is 1.61. The van der Waals surface area contributed by atoms with Crippen LogP contribution in [0, 0.1) is 0 Å². The number of benzene rings is 2. The van der Waals surface area contributed by atoms with Gasteiger partial charge in [0.2, 0.25) is 0 Å². The van der Waals surface area contributed by atoms with Gasteiger partial charge in [0.1, 0.15) is 17.2 Å². The van der Waals surface area contributed by atoms with Crippen molar-refractivity contribution >= 4 is 5.78 Å². The van der Waals surface area contributed by atoms with E-state index in [1.807, 2.05) is 54.6 Å². The first-order valence-electron chi connectivity index (χ1n) is 8.76. The molecule has 1 N–H and O–H groups in total. The molecule has 4 rings (SSSR count). The van der Waals surface area contributed by atoms with Crippen LogP contribution in [-0.2, 0) is 0 Å². The summed E-state index contributed by atoms with van der Waals surface area (Å²) in [7, 11) is 0. The van der Waals surface area contributed by atoms with Crippen molar-refractivity contribution < 1.29 is 13.9 Å². The van der Waals surface area contributed by atoms with Crippen LogP contribution in [0.1, 0.15) is 35.7 Å². The minimum absolute atomic E-state index is 0.116. The third-order valence-electron chi connectivity index (χ3n) is 4.48. The maximum atomic E-state index is 12.0. The Hall–Kier alpha value is -2.92. The third kappa shape index (κ3) is 3.39. The predicted molar refractivity (Wildman–Crippen MR) is 98.7 cm³/mol. The minimum Gasteiger partial charge on any atom is -0.457 e. The lowest BCUT2D eigenvalue weighted by molar-refractivity contribution is 0.0985. The molecule has 0 spiro atoms. The van der Waals surface area contributed by atoms with Crippen LogP contribution in [0.25, 0.3) is 11.3 Å². The molecule has 0 amide bonds. The van der Waals surface area contributed by atoms with Crippen LogP contribution in [0.15, 0.2) is 59.0 Å². The molecule has 0 aliphatic carbocycles. The van der Waals surface area contributed by atoms with Crippen LogP contribution in [0.3, 0.4) is 0 Å². The highest BCUT2D eigenvalue weighted by Crippen LogP contribution is 2.31. The van der Waals surface area contributed by atoms with Gasteiger partial charge in [-0.3, -0.25) is 4.79 Å². The molecule has 26 heavy (non-hydrogen) atoms. The largest absolute Gasteiger partial charge is 0.457 e. The number of nitrogens with zero attached hydrogens (tertiary/aromatic N) is 1. The number of oxazole rings is 1. The topological polar surface area (TPSA) is 64.4 Å². The molecule has 0 bridgehead atoms. The number of aromatic nitrogens is 1. The zero-order valence-corrected chi connectivity index (χ0v) is 14.6. The average Bonchev–Trinajstić information content (AvgIpc) is 3.33. The molecule has 1 unspecified atom stereocenters. The van der Waals surface area contributed by atoms with Crippen LogP contribution in [0.2, 0.25) is 0 Å². The van der Waals surface area contributed by atoms with Crippen molar-refractivity contribution in [2.75, 3.05) is 13.1 Å². The maximum Gasteiger partial charge on any atom is 0.200 e. The van der Waals surface area contributed by atoms with E-state index in [0.717, 1.165) is 36.6 Å². The molecule has 1 aliphatic heterocycles. The van der Waals surface area contributed by atoms with E-state index in [-0.39, 0.29) is 11.7 Å². The second kappa shape index (κ2) is 7.14. The van der Waals surface area contributed by atoms with Gasteiger partial charge in [-0.15, -0.1) is 0 Å². The van der Waals surface area contributed by atoms with Gasteiger partial charge in [-0.2, -0.15) is 0 Å². The van der Waals surface area contributed by atoms with Crippen molar-refractivity contribution in [2.45, 2.75) is 19.3 Å². The van der Waals surface area contributed by atoms with Gasteiger partial charge in [-0.1, -0.05) is 18.2 Å². The molecule has 5 heteroatoms. The fraction of sp³-hybridized carbons (Fsp3) is 0.238. The van der Waals surface area contributed by atoms with E-state index in [9.17, 15) is 4.79 Å². The lowest BCUT2D eigenvalue weighted by atomic mass is 10.1. The Bertz CT molecular complexity index is 895. The average molecular weight is 348 g/mol. The van der Waals surface area contributed by atoms with Gasteiger partial charge in [-0.05, 0) is 49.4 Å². The number of Topliss-reactive ketones (excluding diaryl/α,β-unsaturated/α-hetero) is 1. The number of rotatable bonds is 5. The Kier molecular flexibility index (Phi) is 4.54. The summed E-state index contributed by atoms with van der Waals surface area (Å²) in [6.45, 7) is 3.29. The molecule has 1 saturated heterocycles. The molecule has 1 fully saturated rings. The first kappa shape index (κ1) is 16.5. The van der Waals surface area contributed by atoms with Crippen LogP contribution in [0.5, 0.6) is 11.5 Å². The van der Waals surface area contributed by atoms with Crippen LogP contribution in [0.4, 0.5) is 0 Å². The predicted octanol–water partition coefficient (Wildman–Crippen LogP) is 4.41. The summed E-state index contributed by atoms with van der Waals surface area (Å²) in [5.74, 6) is 2.58. The minimum atomic E-state index is -0.116. The SMILES string of the molecule is CC(=O)c1oc(C2CCNC2)nc1-c1ccc(Oc2ccccc2)cc1. The summed E-state index contributed by atoms with van der Waals surface area (Å²) in [6.07, 6.45) is 0.973. The summed E-state index contributed by atoms with van der Waals surface area (Å²) >= 11 is 0. The summed E-state index contributed by atoms with van der Waals surface area (Å²) in [5.41, 5.74) is 1.45. The number of para-hydroxylation sites is 1. The molecule has 1 aromatic heterocycles. The standard InChI is InChI=1S/C21H20N2O3/c1-14(24)20-19(23-21(26-20)16-11-12-22-13-16)15-7-9-18(10-8-15)25-17-5-3-2-4-6-17/h2-10,16,22H,11-13H2,1H3. The second-order valence-electron chi connectivity index (χ2n) is 6.42. The van der Waals surface area contributed by atoms with Crippen molar-refractivity contribution in [3.05, 3.63) is 66.2 Å². The quantitative estimate of drug-likeness (QED) is 0.692. The van der Waals surface area contributed by atoms with E-state index in [1.54, 1.807) is 0 Å². The smallest absolute Gasteiger partial charge is 0.200 e. The zero-order valence-electron chi connectivity index (χ0n) is 14.6. The van der Waals surface area contributed by atoms with Crippen LogP contribution < -0.4 is 10.1 Å². The molecular weight excluding hydrogens is 328 g/mol. The molecule has 2 heterocycles. The number of carbonyl (C=O) groups excluding carboxylic acids is 1. The van der Waals surface area contributed by atoms with E-state index in [2.05, 4.69) is 10.3 Å². The van der Waals surface area contributed by atoms with Gasteiger partial charge in [0.15, 0.2) is 17.4 Å². The molecule has 0 radical (unpaired) electrons. The van der Waals surface area contributed by atoms with Gasteiger partial charge in [0.25, 0.3) is 0 Å². The summed E-state index contributed by atoms with van der Waals surface area (Å²) in [6, 6.07) is 17.2. The Morgan fingerprint density at radius 2 is 1.85 bits per heavy atom. The third-order valence-corrected chi connectivity index (χ3v) is 4.48. The van der Waals surface area contributed by atoms with E-state index < -0.39 is 0 Å². The van der Waals surface area contributed by atoms with Crippen LogP contribution in [-0.4, -0.2) is 23.9 Å². The lowest BCUT2D eigenvalue weighted by Crippen LogP contribution is -2.08. The van der Waals surface area contributed by atoms with E-state index >= 15 is 0 Å². The number of ketones is 1. The van der Waals surface area contributed by atoms with Gasteiger partial charge in [-0.25, -0.2) is 4.98 Å². The fourth-order valence-corrected chi connectivity index (χ4v) is 3.12. The molecule has 1 aliphatic rings. The number of hydrogen-bond acceptors (Lipinski definition) is 5. The van der Waals surface area contributed by atoms with Gasteiger partial charge in [0.05, 0.1) is 0 Å². The number of nitrogens with one attached hydrogen (secondary N) is 1. The molecule has 3 aromatic rings. The highest BCUT2D eigenvalue weighted by molar-refractivity contribution is 5.97. The highest BCUT2D eigenvalue weighted by Gasteiger charge is 2.26. The van der Waals surface area contributed by atoms with Gasteiger partial charge in [0, 0.05) is 24.9 Å². The Morgan fingerprint density at radius 3 is 2.50 bits per heavy atom. The normalized spacial score (nSPS) is 16.6. The van der Waals surface area contributed by atoms with Gasteiger partial charge < -0.3 is 14.5 Å². The van der Waals surface area contributed by atoms with Crippen molar-refractivity contribution in [1.82, 2.24) is 10.3 Å². The van der Waals surface area contributed by atoms with Crippen molar-refractivity contribution in [3.63, 3.8) is 0 Å². The first-order chi connectivity index (χ1) is 12.7. The molecule has 0 saturated carbocycles. The monoisotopic (exact) mass is 348 g/mol. The van der Waals surface area contributed by atoms with Gasteiger partial charge >= 0.3 is 0 Å². The highest BCUT2D eigenvalue weighted by atomic mass is 16.5. The van der Waals surface area contributed by atoms with Crippen molar-refractivity contribution in [3.8, 4) is 22.8 Å². The summed E-state index contributed by atoms with van der Waals surface area (Å²) in [4.78, 5) is 16.6. The van der Waals surface area contributed by atoms with E-state index in [1.165, 1.54) is 6.92 Å². The molecule has 5 nitrogen and oxygen atoms in total. The second-order valence-corrected chi connectivity index (χ2v) is 6.42. The molecular formula is C21H20N2O3. The molecule has 132 valence electrons. The summed E-state index contributed by atoms with van der Waals surface area (Å²) in [5, 5.41) is 3.30. The fourth-order valence-electron chi connectivity index (χ4n) is 3.12. The van der Waals surface area contributed by atoms with Crippen molar-refractivity contribution in [1.29, 1.82) is 0 Å². The number of carbonyl (C=O) groups is 1.